The summed E-state index contributed by atoms with van der Waals surface area (Å²) in [4.78, 5) is 8.36. The Morgan fingerprint density at radius 1 is 1.15 bits per heavy atom. The van der Waals surface area contributed by atoms with E-state index >= 15 is 0 Å². The van der Waals surface area contributed by atoms with Crippen LogP contribution in [0.2, 0.25) is 0 Å². The van der Waals surface area contributed by atoms with E-state index in [0.717, 1.165) is 11.3 Å². The molecular weight excluding hydrogens is 356 g/mol. The van der Waals surface area contributed by atoms with Crippen molar-refractivity contribution >= 4 is 0 Å². The molecule has 9 nitrogen and oxygen atoms in total. The summed E-state index contributed by atoms with van der Waals surface area (Å²) in [5.74, 6) is 0.750. The summed E-state index contributed by atoms with van der Waals surface area (Å²) in [6.45, 7) is 10.7. The second kappa shape index (κ2) is 15.2. The molecule has 1 unspecified atom stereocenters. The highest BCUT2D eigenvalue weighted by molar-refractivity contribution is 5.26. The van der Waals surface area contributed by atoms with Crippen molar-refractivity contribution in [3.8, 4) is 5.75 Å². The molecule has 1 atom stereocenters. The maximum atomic E-state index is 9.80. The number of benzene rings is 1. The van der Waals surface area contributed by atoms with Crippen molar-refractivity contribution in [1.82, 2.24) is 5.32 Å². The van der Waals surface area contributed by atoms with Gasteiger partial charge in [0.15, 0.2) is 0 Å². The van der Waals surface area contributed by atoms with Gasteiger partial charge in [-0.2, -0.15) is 0 Å². The minimum absolute atomic E-state index is 0.237. The predicted molar refractivity (Wildman–Crippen MR) is 101 cm³/mol. The van der Waals surface area contributed by atoms with Crippen LogP contribution in [-0.2, 0) is 16.1 Å². The molecule has 156 valence electrons. The summed E-state index contributed by atoms with van der Waals surface area (Å²) < 4.78 is 16.5. The first kappa shape index (κ1) is 25.1. The third kappa shape index (κ3) is 17.2. The van der Waals surface area contributed by atoms with Gasteiger partial charge in [0.2, 0.25) is 0 Å². The Kier molecular flexibility index (Phi) is 14.1. The zero-order valence-electron chi connectivity index (χ0n) is 16.5. The fraction of sp³-hybridized carbons (Fsp3) is 0.667. The lowest BCUT2D eigenvalue weighted by Gasteiger charge is -2.15. The van der Waals surface area contributed by atoms with Gasteiger partial charge in [-0.05, 0) is 31.5 Å². The quantitative estimate of drug-likeness (QED) is 0.282. The molecule has 0 saturated heterocycles. The maximum Gasteiger partial charge on any atom is 0.291 e. The van der Waals surface area contributed by atoms with Crippen molar-refractivity contribution in [3.63, 3.8) is 0 Å². The molecule has 0 aromatic heterocycles. The van der Waals surface area contributed by atoms with E-state index < -0.39 is 11.2 Å². The summed E-state index contributed by atoms with van der Waals surface area (Å²) in [5.41, 5.74) is 1.09. The highest BCUT2D eigenvalue weighted by atomic mass is 16.9. The molecule has 0 fully saturated rings. The molecule has 0 aliphatic heterocycles. The molecule has 1 aromatic rings. The Hall–Kier alpha value is -1.94. The monoisotopic (exact) mass is 388 g/mol. The third-order valence-corrected chi connectivity index (χ3v) is 3.08. The predicted octanol–water partition coefficient (Wildman–Crippen LogP) is 2.02. The normalized spacial score (nSPS) is 11.8. The van der Waals surface area contributed by atoms with Crippen LogP contribution >= 0.6 is 0 Å². The van der Waals surface area contributed by atoms with Crippen molar-refractivity contribution in [3.05, 3.63) is 39.9 Å². The highest BCUT2D eigenvalue weighted by Gasteiger charge is 2.06. The summed E-state index contributed by atoms with van der Waals surface area (Å²) in [7, 11) is 0. The number of nitrogens with one attached hydrogen (secondary N) is 1. The zero-order chi connectivity index (χ0) is 20.7. The summed E-state index contributed by atoms with van der Waals surface area (Å²) >= 11 is 0. The number of aliphatic hydroxyl groups is 1. The first-order valence-electron chi connectivity index (χ1n) is 8.86. The molecule has 0 radical (unpaired) electrons. The SMILES string of the molecule is CC(C)NCC(O)COc1ccc(COCCOC(C)C)cc1.O=[N+]([O-])O. The van der Waals surface area contributed by atoms with Crippen LogP contribution in [0.4, 0.5) is 0 Å². The van der Waals surface area contributed by atoms with Gasteiger partial charge >= 0.3 is 0 Å². The lowest BCUT2D eigenvalue weighted by atomic mass is 10.2. The number of nitrogens with zero attached hydrogens (tertiary/aromatic N) is 1. The molecule has 27 heavy (non-hydrogen) atoms. The molecule has 0 bridgehead atoms. The molecule has 0 spiro atoms. The van der Waals surface area contributed by atoms with Crippen LogP contribution in [-0.4, -0.2) is 60.0 Å². The molecule has 3 N–H and O–H groups in total. The van der Waals surface area contributed by atoms with E-state index in [0.29, 0.717) is 32.4 Å². The fourth-order valence-corrected chi connectivity index (χ4v) is 1.84. The van der Waals surface area contributed by atoms with E-state index in [4.69, 9.17) is 29.5 Å². The standard InChI is InChI=1S/C18H31NO4.HNO3/c1-14(2)19-11-17(20)13-23-18-7-5-16(6-8-18)12-21-9-10-22-15(3)4;2-1(3)4/h5-8,14-15,17,19-20H,9-13H2,1-4H3;(H,2,3,4). The Labute approximate surface area is 160 Å². The van der Waals surface area contributed by atoms with Crippen molar-refractivity contribution < 1.29 is 29.6 Å². The van der Waals surface area contributed by atoms with Crippen LogP contribution in [0.5, 0.6) is 5.75 Å². The third-order valence-electron chi connectivity index (χ3n) is 3.08. The Bertz CT molecular complexity index is 491. The molecule has 1 rings (SSSR count). The number of ether oxygens (including phenoxy) is 3. The first-order chi connectivity index (χ1) is 12.7. The molecule has 0 saturated carbocycles. The Morgan fingerprint density at radius 2 is 1.74 bits per heavy atom. The average Bonchev–Trinajstić information content (AvgIpc) is 2.58. The Morgan fingerprint density at radius 3 is 2.26 bits per heavy atom. The number of rotatable bonds is 12. The lowest BCUT2D eigenvalue weighted by molar-refractivity contribution is -0.742. The average molecular weight is 388 g/mol. The van der Waals surface area contributed by atoms with Gasteiger partial charge in [0.25, 0.3) is 5.09 Å². The molecular formula is C18H32N2O7. The molecule has 0 aliphatic rings. The van der Waals surface area contributed by atoms with E-state index in [-0.39, 0.29) is 12.7 Å². The van der Waals surface area contributed by atoms with Gasteiger partial charge in [-0.3, -0.25) is 0 Å². The van der Waals surface area contributed by atoms with Gasteiger partial charge in [-0.15, -0.1) is 10.1 Å². The van der Waals surface area contributed by atoms with Crippen LogP contribution in [0.3, 0.4) is 0 Å². The zero-order valence-corrected chi connectivity index (χ0v) is 16.5. The summed E-state index contributed by atoms with van der Waals surface area (Å²) in [5, 5.41) is 26.6. The van der Waals surface area contributed by atoms with Gasteiger partial charge in [0.1, 0.15) is 18.5 Å². The largest absolute Gasteiger partial charge is 0.491 e. The highest BCUT2D eigenvalue weighted by Crippen LogP contribution is 2.13. The number of hydrogen-bond donors (Lipinski definition) is 3. The first-order valence-corrected chi connectivity index (χ1v) is 8.86. The second-order valence-corrected chi connectivity index (χ2v) is 6.38. The molecule has 9 heteroatoms. The van der Waals surface area contributed by atoms with E-state index in [1.165, 1.54) is 0 Å². The van der Waals surface area contributed by atoms with Gasteiger partial charge in [-0.25, -0.2) is 0 Å². The lowest BCUT2D eigenvalue weighted by Crippen LogP contribution is -2.35. The van der Waals surface area contributed by atoms with Gasteiger partial charge in [0.05, 0.1) is 25.9 Å². The van der Waals surface area contributed by atoms with Crippen LogP contribution < -0.4 is 10.1 Å². The van der Waals surface area contributed by atoms with Gasteiger partial charge in [0, 0.05) is 12.6 Å². The fourth-order valence-electron chi connectivity index (χ4n) is 1.84. The second-order valence-electron chi connectivity index (χ2n) is 6.38. The number of aliphatic hydroxyl groups excluding tert-OH is 1. The van der Waals surface area contributed by atoms with Crippen molar-refractivity contribution in [2.24, 2.45) is 0 Å². The smallest absolute Gasteiger partial charge is 0.291 e. The van der Waals surface area contributed by atoms with Crippen LogP contribution in [0.15, 0.2) is 24.3 Å². The maximum absolute atomic E-state index is 9.80. The number of hydrogen-bond acceptors (Lipinski definition) is 7. The van der Waals surface area contributed by atoms with E-state index in [1.807, 2.05) is 52.0 Å². The van der Waals surface area contributed by atoms with Crippen LogP contribution in [0, 0.1) is 10.1 Å². The molecule has 0 heterocycles. The van der Waals surface area contributed by atoms with Crippen LogP contribution in [0.1, 0.15) is 33.3 Å². The van der Waals surface area contributed by atoms with E-state index in [9.17, 15) is 5.11 Å². The van der Waals surface area contributed by atoms with Crippen LogP contribution in [0.25, 0.3) is 0 Å². The van der Waals surface area contributed by atoms with Gasteiger partial charge < -0.3 is 29.8 Å². The summed E-state index contributed by atoms with van der Waals surface area (Å²) in [6, 6.07) is 8.09. The van der Waals surface area contributed by atoms with E-state index in [1.54, 1.807) is 0 Å². The Balaban J connectivity index is 0.00000153. The molecule has 1 aromatic carbocycles. The van der Waals surface area contributed by atoms with Crippen molar-refractivity contribution in [1.29, 1.82) is 0 Å². The topological polar surface area (TPSA) is 123 Å². The van der Waals surface area contributed by atoms with Crippen molar-refractivity contribution in [2.75, 3.05) is 26.4 Å². The minimum atomic E-state index is -1.50. The minimum Gasteiger partial charge on any atom is -0.491 e. The van der Waals surface area contributed by atoms with Crippen molar-refractivity contribution in [2.45, 2.75) is 52.6 Å². The van der Waals surface area contributed by atoms with Gasteiger partial charge in [-0.1, -0.05) is 26.0 Å². The molecule has 0 amide bonds. The summed E-state index contributed by atoms with van der Waals surface area (Å²) in [6.07, 6.45) is -0.275. The van der Waals surface area contributed by atoms with E-state index in [2.05, 4.69) is 5.32 Å². The molecule has 0 aliphatic carbocycles.